The summed E-state index contributed by atoms with van der Waals surface area (Å²) < 4.78 is 10.4. The summed E-state index contributed by atoms with van der Waals surface area (Å²) in [5.41, 5.74) is 7.17. The minimum atomic E-state index is -0.460. The molecule has 0 unspecified atom stereocenters. The van der Waals surface area contributed by atoms with Crippen LogP contribution < -0.4 is 10.5 Å². The van der Waals surface area contributed by atoms with Gasteiger partial charge in [0.05, 0.1) is 23.4 Å². The van der Waals surface area contributed by atoms with E-state index in [9.17, 15) is 4.79 Å². The number of carbonyl (C=O) groups is 1. The average molecular weight is 292 g/mol. The van der Waals surface area contributed by atoms with Gasteiger partial charge in [0.25, 0.3) is 0 Å². The number of rotatable bonds is 4. The second-order valence-corrected chi connectivity index (χ2v) is 4.53. The zero-order chi connectivity index (χ0) is 14.5. The highest BCUT2D eigenvalue weighted by molar-refractivity contribution is 6.33. The fourth-order valence-electron chi connectivity index (χ4n) is 1.70. The minimum absolute atomic E-state index is 0.130. The molecule has 0 aliphatic heterocycles. The van der Waals surface area contributed by atoms with E-state index in [-0.39, 0.29) is 6.61 Å². The first-order valence-corrected chi connectivity index (χ1v) is 6.33. The molecule has 0 aliphatic rings. The van der Waals surface area contributed by atoms with Crippen LogP contribution in [0.1, 0.15) is 15.9 Å². The lowest BCUT2D eigenvalue weighted by molar-refractivity contribution is 0.0470. The number of anilines is 1. The highest BCUT2D eigenvalue weighted by Crippen LogP contribution is 2.22. The van der Waals surface area contributed by atoms with Crippen molar-refractivity contribution in [3.8, 4) is 5.75 Å². The number of nitrogen functional groups attached to an aromatic ring is 1. The number of halogens is 1. The molecule has 5 heteroatoms. The monoisotopic (exact) mass is 291 g/mol. The SMILES string of the molecule is COc1ccccc1COC(=O)c1ccc(N)c(Cl)c1. The first-order valence-electron chi connectivity index (χ1n) is 5.96. The van der Waals surface area contributed by atoms with Gasteiger partial charge in [0.1, 0.15) is 12.4 Å². The third-order valence-corrected chi connectivity index (χ3v) is 3.11. The Hall–Kier alpha value is -2.20. The summed E-state index contributed by atoms with van der Waals surface area (Å²) in [4.78, 5) is 11.9. The molecule has 104 valence electrons. The number of ether oxygens (including phenoxy) is 2. The van der Waals surface area contributed by atoms with E-state index in [0.717, 1.165) is 5.56 Å². The van der Waals surface area contributed by atoms with Crippen LogP contribution in [0.3, 0.4) is 0 Å². The van der Waals surface area contributed by atoms with Crippen LogP contribution in [0.15, 0.2) is 42.5 Å². The molecule has 2 rings (SSSR count). The Labute approximate surface area is 122 Å². The quantitative estimate of drug-likeness (QED) is 0.693. The summed E-state index contributed by atoms with van der Waals surface area (Å²) in [5.74, 6) is 0.216. The van der Waals surface area contributed by atoms with Crippen LogP contribution in [0.25, 0.3) is 0 Å². The topological polar surface area (TPSA) is 61.5 Å². The van der Waals surface area contributed by atoms with Gasteiger partial charge in [-0.15, -0.1) is 0 Å². The lowest BCUT2D eigenvalue weighted by atomic mass is 10.2. The van der Waals surface area contributed by atoms with Gasteiger partial charge in [-0.05, 0) is 24.3 Å². The zero-order valence-corrected chi connectivity index (χ0v) is 11.7. The molecule has 0 atom stereocenters. The Morgan fingerprint density at radius 2 is 2.00 bits per heavy atom. The lowest BCUT2D eigenvalue weighted by Crippen LogP contribution is -2.06. The molecule has 20 heavy (non-hydrogen) atoms. The van der Waals surface area contributed by atoms with E-state index in [2.05, 4.69) is 0 Å². The van der Waals surface area contributed by atoms with Crippen LogP contribution in [-0.4, -0.2) is 13.1 Å². The maximum Gasteiger partial charge on any atom is 0.338 e. The van der Waals surface area contributed by atoms with Crippen molar-refractivity contribution in [1.82, 2.24) is 0 Å². The maximum absolute atomic E-state index is 11.9. The second-order valence-electron chi connectivity index (χ2n) is 4.12. The smallest absolute Gasteiger partial charge is 0.338 e. The first kappa shape index (κ1) is 14.2. The van der Waals surface area contributed by atoms with Gasteiger partial charge >= 0.3 is 5.97 Å². The van der Waals surface area contributed by atoms with E-state index in [0.29, 0.717) is 22.0 Å². The van der Waals surface area contributed by atoms with Crippen LogP contribution in [-0.2, 0) is 11.3 Å². The van der Waals surface area contributed by atoms with Crippen LogP contribution in [0.4, 0.5) is 5.69 Å². The molecular formula is C15H14ClNO3. The van der Waals surface area contributed by atoms with Gasteiger partial charge in [-0.2, -0.15) is 0 Å². The number of methoxy groups -OCH3 is 1. The molecule has 0 heterocycles. The first-order chi connectivity index (χ1) is 9.61. The van der Waals surface area contributed by atoms with E-state index in [4.69, 9.17) is 26.8 Å². The fourth-order valence-corrected chi connectivity index (χ4v) is 1.88. The summed E-state index contributed by atoms with van der Waals surface area (Å²) in [6, 6.07) is 12.0. The number of carbonyl (C=O) groups excluding carboxylic acids is 1. The molecule has 0 amide bonds. The number of para-hydroxylation sites is 1. The Morgan fingerprint density at radius 3 is 2.70 bits per heavy atom. The number of esters is 1. The molecule has 2 aromatic carbocycles. The third-order valence-electron chi connectivity index (χ3n) is 2.79. The number of benzene rings is 2. The zero-order valence-electron chi connectivity index (χ0n) is 10.9. The van der Waals surface area contributed by atoms with Gasteiger partial charge in [-0.3, -0.25) is 0 Å². The summed E-state index contributed by atoms with van der Waals surface area (Å²) in [6.45, 7) is 0.130. The van der Waals surface area contributed by atoms with Crippen LogP contribution >= 0.6 is 11.6 Å². The second kappa shape index (κ2) is 6.30. The third kappa shape index (κ3) is 3.22. The molecule has 2 N–H and O–H groups in total. The van der Waals surface area contributed by atoms with Crippen molar-refractivity contribution in [1.29, 1.82) is 0 Å². The molecule has 0 aliphatic carbocycles. The van der Waals surface area contributed by atoms with Gasteiger partial charge in [0.2, 0.25) is 0 Å². The molecule has 0 saturated heterocycles. The van der Waals surface area contributed by atoms with Gasteiger partial charge in [0, 0.05) is 5.56 Å². The lowest BCUT2D eigenvalue weighted by Gasteiger charge is -2.09. The van der Waals surface area contributed by atoms with E-state index < -0.39 is 5.97 Å². The largest absolute Gasteiger partial charge is 0.496 e. The molecular weight excluding hydrogens is 278 g/mol. The van der Waals surface area contributed by atoms with Gasteiger partial charge in [-0.1, -0.05) is 29.8 Å². The van der Waals surface area contributed by atoms with Crippen molar-refractivity contribution < 1.29 is 14.3 Å². The molecule has 0 aromatic heterocycles. The highest BCUT2D eigenvalue weighted by Gasteiger charge is 2.10. The normalized spacial score (nSPS) is 10.1. The van der Waals surface area contributed by atoms with Crippen molar-refractivity contribution in [3.05, 3.63) is 58.6 Å². The Kier molecular flexibility index (Phi) is 4.48. The molecule has 0 spiro atoms. The number of hydrogen-bond donors (Lipinski definition) is 1. The maximum atomic E-state index is 11.9. The molecule has 0 radical (unpaired) electrons. The van der Waals surface area contributed by atoms with E-state index in [1.807, 2.05) is 24.3 Å². The summed E-state index contributed by atoms with van der Waals surface area (Å²) in [5, 5.41) is 0.330. The van der Waals surface area contributed by atoms with Crippen molar-refractivity contribution >= 4 is 23.3 Å². The molecule has 0 fully saturated rings. The van der Waals surface area contributed by atoms with Crippen molar-refractivity contribution in [3.63, 3.8) is 0 Å². The van der Waals surface area contributed by atoms with E-state index in [1.54, 1.807) is 19.2 Å². The van der Waals surface area contributed by atoms with Crippen LogP contribution in [0.2, 0.25) is 5.02 Å². The highest BCUT2D eigenvalue weighted by atomic mass is 35.5. The summed E-state index contributed by atoms with van der Waals surface area (Å²) in [6.07, 6.45) is 0. The van der Waals surface area contributed by atoms with Crippen LogP contribution in [0, 0.1) is 0 Å². The Balaban J connectivity index is 2.06. The fraction of sp³-hybridized carbons (Fsp3) is 0.133. The Bertz CT molecular complexity index is 628. The van der Waals surface area contributed by atoms with Gasteiger partial charge in [0.15, 0.2) is 0 Å². The van der Waals surface area contributed by atoms with Gasteiger partial charge in [-0.25, -0.2) is 4.79 Å². The van der Waals surface area contributed by atoms with Gasteiger partial charge < -0.3 is 15.2 Å². The predicted octanol–water partition coefficient (Wildman–Crippen LogP) is 3.29. The predicted molar refractivity (Wildman–Crippen MR) is 78.0 cm³/mol. The molecule has 4 nitrogen and oxygen atoms in total. The number of nitrogens with two attached hydrogens (primary N) is 1. The molecule has 0 saturated carbocycles. The van der Waals surface area contributed by atoms with Crippen molar-refractivity contribution in [2.75, 3.05) is 12.8 Å². The standard InChI is InChI=1S/C15H14ClNO3/c1-19-14-5-3-2-4-11(14)9-20-15(18)10-6-7-13(17)12(16)8-10/h2-8H,9,17H2,1H3. The van der Waals surface area contributed by atoms with Crippen molar-refractivity contribution in [2.24, 2.45) is 0 Å². The Morgan fingerprint density at radius 1 is 1.25 bits per heavy atom. The number of hydrogen-bond acceptors (Lipinski definition) is 4. The minimum Gasteiger partial charge on any atom is -0.496 e. The van der Waals surface area contributed by atoms with E-state index in [1.165, 1.54) is 6.07 Å². The average Bonchev–Trinajstić information content (AvgIpc) is 2.47. The van der Waals surface area contributed by atoms with E-state index >= 15 is 0 Å². The molecule has 2 aromatic rings. The van der Waals surface area contributed by atoms with Crippen LogP contribution in [0.5, 0.6) is 5.75 Å². The summed E-state index contributed by atoms with van der Waals surface area (Å²) >= 11 is 5.87. The molecule has 0 bridgehead atoms. The summed E-state index contributed by atoms with van der Waals surface area (Å²) in [7, 11) is 1.57. The van der Waals surface area contributed by atoms with Crippen molar-refractivity contribution in [2.45, 2.75) is 6.61 Å².